The van der Waals surface area contributed by atoms with E-state index in [1.807, 2.05) is 7.05 Å². The van der Waals surface area contributed by atoms with Crippen molar-refractivity contribution in [1.82, 2.24) is 10.3 Å². The molecule has 0 saturated heterocycles. The first-order chi connectivity index (χ1) is 10.5. The van der Waals surface area contributed by atoms with Crippen LogP contribution in [0, 0.1) is 6.92 Å². The Hall–Kier alpha value is -1.61. The van der Waals surface area contributed by atoms with Gasteiger partial charge in [-0.15, -0.1) is 0 Å². The molecular weight excluding hydrogens is 270 g/mol. The number of anilines is 1. The fourth-order valence-corrected chi connectivity index (χ4v) is 3.16. The van der Waals surface area contributed by atoms with Crippen LogP contribution in [0.5, 0.6) is 0 Å². The molecule has 0 bridgehead atoms. The van der Waals surface area contributed by atoms with E-state index in [0.717, 1.165) is 24.9 Å². The van der Waals surface area contributed by atoms with E-state index in [1.54, 1.807) is 0 Å². The molecule has 120 valence electrons. The van der Waals surface area contributed by atoms with Crippen molar-refractivity contribution in [1.29, 1.82) is 0 Å². The Balaban J connectivity index is 2.66. The highest BCUT2D eigenvalue weighted by molar-refractivity contribution is 5.95. The van der Waals surface area contributed by atoms with Gasteiger partial charge in [0.05, 0.1) is 11.2 Å². The van der Waals surface area contributed by atoms with Crippen LogP contribution in [-0.2, 0) is 6.42 Å². The van der Waals surface area contributed by atoms with Crippen LogP contribution >= 0.6 is 0 Å². The largest absolute Gasteiger partial charge is 0.377 e. The van der Waals surface area contributed by atoms with Crippen molar-refractivity contribution < 1.29 is 0 Å². The molecule has 0 unspecified atom stereocenters. The number of hydrogen-bond donors (Lipinski definition) is 1. The summed E-state index contributed by atoms with van der Waals surface area (Å²) in [6, 6.07) is 6.59. The number of fused-ring (bicyclic) bond motifs is 1. The SMILES string of the molecule is CNCCCc1c(C)nc2c(C(C)C)cccc2c1N(C)C. The van der Waals surface area contributed by atoms with Gasteiger partial charge in [0.1, 0.15) is 0 Å². The topological polar surface area (TPSA) is 28.2 Å². The van der Waals surface area contributed by atoms with Crippen molar-refractivity contribution in [2.45, 2.75) is 39.5 Å². The van der Waals surface area contributed by atoms with Crippen LogP contribution in [0.1, 0.15) is 43.0 Å². The molecule has 0 spiro atoms. The summed E-state index contributed by atoms with van der Waals surface area (Å²) in [7, 11) is 6.28. The number of aryl methyl sites for hydroxylation is 1. The van der Waals surface area contributed by atoms with Gasteiger partial charge in [-0.1, -0.05) is 32.0 Å². The number of hydrogen-bond acceptors (Lipinski definition) is 3. The zero-order valence-electron chi connectivity index (χ0n) is 14.8. The van der Waals surface area contributed by atoms with Crippen LogP contribution in [0.4, 0.5) is 5.69 Å². The molecule has 1 heterocycles. The van der Waals surface area contributed by atoms with Crippen molar-refractivity contribution in [3.05, 3.63) is 35.0 Å². The molecule has 2 aromatic rings. The summed E-state index contributed by atoms with van der Waals surface area (Å²) in [4.78, 5) is 7.22. The zero-order chi connectivity index (χ0) is 16.3. The molecule has 0 amide bonds. The van der Waals surface area contributed by atoms with Gasteiger partial charge >= 0.3 is 0 Å². The molecule has 0 aliphatic carbocycles. The number of rotatable bonds is 6. The van der Waals surface area contributed by atoms with E-state index in [4.69, 9.17) is 4.98 Å². The van der Waals surface area contributed by atoms with Gasteiger partial charge in [-0.25, -0.2) is 0 Å². The summed E-state index contributed by atoms with van der Waals surface area (Å²) in [5.74, 6) is 0.487. The van der Waals surface area contributed by atoms with Crippen LogP contribution in [0.2, 0.25) is 0 Å². The number of nitrogens with one attached hydrogen (secondary N) is 1. The molecule has 3 heteroatoms. The summed E-state index contributed by atoms with van der Waals surface area (Å²) in [5.41, 5.74) is 6.39. The summed E-state index contributed by atoms with van der Waals surface area (Å²) < 4.78 is 0. The Morgan fingerprint density at radius 1 is 1.23 bits per heavy atom. The molecule has 0 atom stereocenters. The first-order valence-electron chi connectivity index (χ1n) is 8.21. The number of para-hydroxylation sites is 1. The summed E-state index contributed by atoms with van der Waals surface area (Å²) in [6.07, 6.45) is 2.20. The summed E-state index contributed by atoms with van der Waals surface area (Å²) in [5, 5.41) is 4.51. The predicted octanol–water partition coefficient (Wildman–Crippen LogP) is 3.88. The van der Waals surface area contributed by atoms with E-state index >= 15 is 0 Å². The van der Waals surface area contributed by atoms with Gasteiger partial charge in [-0.2, -0.15) is 0 Å². The molecule has 0 aliphatic rings. The Kier molecular flexibility index (Phi) is 5.41. The lowest BCUT2D eigenvalue weighted by molar-refractivity contribution is 0.721. The monoisotopic (exact) mass is 299 g/mol. The maximum absolute atomic E-state index is 4.97. The highest BCUT2D eigenvalue weighted by Gasteiger charge is 2.16. The second-order valence-corrected chi connectivity index (χ2v) is 6.52. The highest BCUT2D eigenvalue weighted by atomic mass is 15.1. The third kappa shape index (κ3) is 3.25. The Labute approximate surface area is 134 Å². The minimum atomic E-state index is 0.487. The van der Waals surface area contributed by atoms with Crippen molar-refractivity contribution in [3.8, 4) is 0 Å². The van der Waals surface area contributed by atoms with Crippen molar-refractivity contribution in [2.24, 2.45) is 0 Å². The van der Waals surface area contributed by atoms with E-state index in [-0.39, 0.29) is 0 Å². The van der Waals surface area contributed by atoms with Gasteiger partial charge in [0.2, 0.25) is 0 Å². The van der Waals surface area contributed by atoms with Crippen molar-refractivity contribution in [3.63, 3.8) is 0 Å². The van der Waals surface area contributed by atoms with Crippen molar-refractivity contribution in [2.75, 3.05) is 32.6 Å². The van der Waals surface area contributed by atoms with E-state index < -0.39 is 0 Å². The molecule has 3 nitrogen and oxygen atoms in total. The number of aromatic nitrogens is 1. The molecule has 1 N–H and O–H groups in total. The van der Waals surface area contributed by atoms with E-state index in [0.29, 0.717) is 5.92 Å². The van der Waals surface area contributed by atoms with E-state index in [2.05, 4.69) is 63.3 Å². The van der Waals surface area contributed by atoms with Gasteiger partial charge in [0, 0.05) is 25.2 Å². The molecule has 0 aliphatic heterocycles. The third-order valence-corrected chi connectivity index (χ3v) is 4.25. The fourth-order valence-electron chi connectivity index (χ4n) is 3.16. The van der Waals surface area contributed by atoms with Gasteiger partial charge < -0.3 is 10.2 Å². The van der Waals surface area contributed by atoms with Gasteiger partial charge in [0.15, 0.2) is 0 Å². The molecule has 0 radical (unpaired) electrons. The van der Waals surface area contributed by atoms with Crippen LogP contribution in [0.15, 0.2) is 18.2 Å². The molecule has 2 rings (SSSR count). The fraction of sp³-hybridized carbons (Fsp3) is 0.526. The van der Waals surface area contributed by atoms with Gasteiger partial charge in [0.25, 0.3) is 0 Å². The predicted molar refractivity (Wildman–Crippen MR) is 97.1 cm³/mol. The zero-order valence-corrected chi connectivity index (χ0v) is 14.8. The Bertz CT molecular complexity index is 645. The van der Waals surface area contributed by atoms with E-state index in [1.165, 1.54) is 27.9 Å². The maximum atomic E-state index is 4.97. The minimum Gasteiger partial charge on any atom is -0.377 e. The lowest BCUT2D eigenvalue weighted by Gasteiger charge is -2.23. The third-order valence-electron chi connectivity index (χ3n) is 4.25. The summed E-state index contributed by atoms with van der Waals surface area (Å²) in [6.45, 7) is 7.67. The first-order valence-corrected chi connectivity index (χ1v) is 8.21. The quantitative estimate of drug-likeness (QED) is 0.820. The van der Waals surface area contributed by atoms with Crippen LogP contribution in [0.25, 0.3) is 10.9 Å². The van der Waals surface area contributed by atoms with E-state index in [9.17, 15) is 0 Å². The molecule has 0 saturated carbocycles. The molecule has 0 fully saturated rings. The normalized spacial score (nSPS) is 11.4. The lowest BCUT2D eigenvalue weighted by atomic mass is 9.95. The molecular formula is C19H29N3. The van der Waals surface area contributed by atoms with Crippen LogP contribution in [0.3, 0.4) is 0 Å². The highest BCUT2D eigenvalue weighted by Crippen LogP contribution is 2.34. The smallest absolute Gasteiger partial charge is 0.0760 e. The lowest BCUT2D eigenvalue weighted by Crippen LogP contribution is -2.16. The van der Waals surface area contributed by atoms with Crippen molar-refractivity contribution >= 4 is 16.6 Å². The summed E-state index contributed by atoms with van der Waals surface area (Å²) >= 11 is 0. The van der Waals surface area contributed by atoms with Crippen LogP contribution < -0.4 is 10.2 Å². The average molecular weight is 299 g/mol. The van der Waals surface area contributed by atoms with Crippen LogP contribution in [-0.4, -0.2) is 32.7 Å². The second kappa shape index (κ2) is 7.10. The Morgan fingerprint density at radius 3 is 2.55 bits per heavy atom. The molecule has 1 aromatic carbocycles. The second-order valence-electron chi connectivity index (χ2n) is 6.52. The minimum absolute atomic E-state index is 0.487. The molecule has 22 heavy (non-hydrogen) atoms. The number of pyridine rings is 1. The average Bonchev–Trinajstić information content (AvgIpc) is 2.46. The molecule has 1 aromatic heterocycles. The maximum Gasteiger partial charge on any atom is 0.0760 e. The number of nitrogens with zero attached hydrogens (tertiary/aromatic N) is 2. The standard InChI is InChI=1S/C19H29N3/c1-13(2)15-9-7-10-17-18(15)21-14(3)16(11-8-12-20-4)19(17)22(5)6/h7,9-10,13,20H,8,11-12H2,1-6H3. The number of benzene rings is 1. The van der Waals surface area contributed by atoms with Gasteiger partial charge in [-0.3, -0.25) is 4.98 Å². The Morgan fingerprint density at radius 2 is 1.95 bits per heavy atom. The first kappa shape index (κ1) is 16.8. The van der Waals surface area contributed by atoms with Gasteiger partial charge in [-0.05, 0) is 50.4 Å².